The van der Waals surface area contributed by atoms with E-state index >= 15 is 0 Å². The van der Waals surface area contributed by atoms with Crippen LogP contribution in [0.15, 0.2) is 47.4 Å². The molecular weight excluding hydrogens is 383 g/mol. The number of piperidine rings is 1. The molecule has 1 aromatic heterocycles. The molecule has 4 nitrogen and oxygen atoms in total. The fraction of sp³-hybridized carbons (Fsp3) is 0.300. The second-order valence-electron chi connectivity index (χ2n) is 6.38. The average Bonchev–Trinajstić information content (AvgIpc) is 3.12. The van der Waals surface area contributed by atoms with Gasteiger partial charge in [-0.1, -0.05) is 29.5 Å². The molecule has 0 spiro atoms. The van der Waals surface area contributed by atoms with E-state index in [1.165, 1.54) is 17.4 Å². The molecule has 4 rings (SSSR count). The second kappa shape index (κ2) is 7.86. The molecule has 3 aromatic rings. The summed E-state index contributed by atoms with van der Waals surface area (Å²) in [5.74, 6) is -0.257. The number of hydrogen-bond donors (Lipinski definition) is 0. The highest BCUT2D eigenvalue weighted by Gasteiger charge is 2.26. The number of ether oxygens (including phenoxy) is 1. The van der Waals surface area contributed by atoms with Gasteiger partial charge in [0, 0.05) is 30.8 Å². The molecule has 7 heteroatoms. The normalized spacial score (nSPS) is 15.3. The molecule has 0 atom stereocenters. The lowest BCUT2D eigenvalue weighted by Gasteiger charge is -2.32. The predicted molar refractivity (Wildman–Crippen MR) is 107 cm³/mol. The van der Waals surface area contributed by atoms with E-state index in [4.69, 9.17) is 4.74 Å². The molecule has 140 valence electrons. The number of likely N-dealkylation sites (tertiary alicyclic amines) is 1. The van der Waals surface area contributed by atoms with Crippen molar-refractivity contribution in [1.82, 2.24) is 9.88 Å². The van der Waals surface area contributed by atoms with Crippen molar-refractivity contribution in [3.05, 3.63) is 53.8 Å². The fourth-order valence-corrected chi connectivity index (χ4v) is 4.74. The van der Waals surface area contributed by atoms with E-state index in [9.17, 15) is 9.18 Å². The largest absolute Gasteiger partial charge is 0.467 e. The highest BCUT2D eigenvalue weighted by Crippen LogP contribution is 2.31. The van der Waals surface area contributed by atoms with Gasteiger partial charge in [-0.2, -0.15) is 4.98 Å². The summed E-state index contributed by atoms with van der Waals surface area (Å²) in [7, 11) is 0. The van der Waals surface area contributed by atoms with Crippen LogP contribution < -0.4 is 4.74 Å². The molecular formula is C20H19FN2O2S2. The lowest BCUT2D eigenvalue weighted by Crippen LogP contribution is -2.41. The van der Waals surface area contributed by atoms with Crippen LogP contribution in [0.25, 0.3) is 10.2 Å². The molecule has 0 saturated carbocycles. The number of amides is 1. The van der Waals surface area contributed by atoms with Gasteiger partial charge in [-0.15, -0.1) is 11.8 Å². The number of nitrogens with zero attached hydrogens (tertiary/aromatic N) is 2. The molecule has 0 unspecified atom stereocenters. The molecule has 1 fully saturated rings. The second-order valence-corrected chi connectivity index (χ2v) is 8.22. The number of aromatic nitrogens is 1. The third-order valence-corrected chi connectivity index (χ3v) is 6.39. The number of thioether (sulfide) groups is 1. The van der Waals surface area contributed by atoms with Crippen LogP contribution in [0, 0.1) is 5.82 Å². The van der Waals surface area contributed by atoms with E-state index in [2.05, 4.69) is 4.98 Å². The maximum absolute atomic E-state index is 13.8. The van der Waals surface area contributed by atoms with E-state index in [1.54, 1.807) is 17.8 Å². The Morgan fingerprint density at radius 3 is 2.74 bits per heavy atom. The first-order valence-corrected chi connectivity index (χ1v) is 10.8. The van der Waals surface area contributed by atoms with Gasteiger partial charge in [-0.25, -0.2) is 4.39 Å². The van der Waals surface area contributed by atoms with Crippen LogP contribution in [-0.4, -0.2) is 41.2 Å². The molecule has 1 aliphatic heterocycles. The number of benzene rings is 2. The number of carbonyl (C=O) groups excluding carboxylic acids is 1. The number of fused-ring (bicyclic) bond motifs is 1. The Morgan fingerprint density at radius 2 is 2.00 bits per heavy atom. The summed E-state index contributed by atoms with van der Waals surface area (Å²) in [5.41, 5.74) is 1.12. The zero-order chi connectivity index (χ0) is 18.8. The van der Waals surface area contributed by atoms with Gasteiger partial charge in [-0.05, 0) is 30.5 Å². The minimum Gasteiger partial charge on any atom is -0.467 e. The molecule has 1 saturated heterocycles. The third kappa shape index (κ3) is 3.80. The van der Waals surface area contributed by atoms with Crippen molar-refractivity contribution in [1.29, 1.82) is 0 Å². The van der Waals surface area contributed by atoms with Crippen molar-refractivity contribution in [2.45, 2.75) is 23.8 Å². The van der Waals surface area contributed by atoms with E-state index in [1.807, 2.05) is 41.5 Å². The smallest absolute Gasteiger partial charge is 0.274 e. The average molecular weight is 403 g/mol. The molecule has 1 aliphatic rings. The van der Waals surface area contributed by atoms with Gasteiger partial charge >= 0.3 is 0 Å². The standard InChI is InChI=1S/C20H19FN2O2S2/c1-26-16-7-3-2-5-14(16)19(24)23-11-9-13(10-12-23)25-20-22-18-15(21)6-4-8-17(18)27-20/h2-8,13H,9-12H2,1H3. The quantitative estimate of drug-likeness (QED) is 0.586. The van der Waals surface area contributed by atoms with Crippen LogP contribution >= 0.6 is 23.1 Å². The van der Waals surface area contributed by atoms with Crippen LogP contribution in [0.4, 0.5) is 4.39 Å². The summed E-state index contributed by atoms with van der Waals surface area (Å²) in [6.45, 7) is 1.29. The Morgan fingerprint density at radius 1 is 1.22 bits per heavy atom. The number of para-hydroxylation sites is 1. The van der Waals surface area contributed by atoms with Gasteiger partial charge in [0.1, 0.15) is 17.4 Å². The van der Waals surface area contributed by atoms with E-state index in [0.29, 0.717) is 23.8 Å². The Balaban J connectivity index is 1.39. The molecule has 0 radical (unpaired) electrons. The number of carbonyl (C=O) groups is 1. The zero-order valence-corrected chi connectivity index (χ0v) is 16.5. The lowest BCUT2D eigenvalue weighted by molar-refractivity contribution is 0.0592. The summed E-state index contributed by atoms with van der Waals surface area (Å²) in [6, 6.07) is 12.6. The number of thiazole rings is 1. The molecule has 0 aliphatic carbocycles. The van der Waals surface area contributed by atoms with Crippen LogP contribution in [0.5, 0.6) is 5.19 Å². The summed E-state index contributed by atoms with van der Waals surface area (Å²) >= 11 is 2.94. The zero-order valence-electron chi connectivity index (χ0n) is 14.9. The van der Waals surface area contributed by atoms with Crippen molar-refractivity contribution in [2.24, 2.45) is 0 Å². The van der Waals surface area contributed by atoms with E-state index in [-0.39, 0.29) is 17.8 Å². The monoisotopic (exact) mass is 402 g/mol. The van der Waals surface area contributed by atoms with Crippen LogP contribution in [-0.2, 0) is 0 Å². The maximum atomic E-state index is 13.8. The van der Waals surface area contributed by atoms with Crippen LogP contribution in [0.1, 0.15) is 23.2 Å². The SMILES string of the molecule is CSc1ccccc1C(=O)N1CCC(Oc2nc3c(F)cccc3s2)CC1. The predicted octanol–water partition coefficient (Wildman–Crippen LogP) is 4.84. The number of rotatable bonds is 4. The Hall–Kier alpha value is -2.12. The fourth-order valence-electron chi connectivity index (χ4n) is 3.26. The summed E-state index contributed by atoms with van der Waals surface area (Å²) in [4.78, 5) is 20.0. The minimum atomic E-state index is -0.327. The van der Waals surface area contributed by atoms with Gasteiger partial charge < -0.3 is 9.64 Å². The van der Waals surface area contributed by atoms with Crippen molar-refractivity contribution in [3.63, 3.8) is 0 Å². The van der Waals surface area contributed by atoms with Gasteiger partial charge in [-0.3, -0.25) is 4.79 Å². The highest BCUT2D eigenvalue weighted by molar-refractivity contribution is 7.98. The van der Waals surface area contributed by atoms with Gasteiger partial charge in [0.2, 0.25) is 0 Å². The Kier molecular flexibility index (Phi) is 5.31. The van der Waals surface area contributed by atoms with Crippen LogP contribution in [0.3, 0.4) is 0 Å². The van der Waals surface area contributed by atoms with Crippen molar-refractivity contribution < 1.29 is 13.9 Å². The van der Waals surface area contributed by atoms with Crippen molar-refractivity contribution >= 4 is 39.2 Å². The Labute approximate surface area is 165 Å². The minimum absolute atomic E-state index is 0.00605. The highest BCUT2D eigenvalue weighted by atomic mass is 32.2. The number of hydrogen-bond acceptors (Lipinski definition) is 5. The van der Waals surface area contributed by atoms with E-state index in [0.717, 1.165) is 28.0 Å². The first kappa shape index (κ1) is 18.3. The van der Waals surface area contributed by atoms with Crippen LogP contribution in [0.2, 0.25) is 0 Å². The van der Waals surface area contributed by atoms with Gasteiger partial charge in [0.05, 0.1) is 10.3 Å². The molecule has 2 heterocycles. The first-order chi connectivity index (χ1) is 13.2. The third-order valence-electron chi connectivity index (χ3n) is 4.68. The van der Waals surface area contributed by atoms with Gasteiger partial charge in [0.25, 0.3) is 11.1 Å². The molecule has 0 N–H and O–H groups in total. The summed E-state index contributed by atoms with van der Waals surface area (Å²) in [6.07, 6.45) is 3.46. The van der Waals surface area contributed by atoms with E-state index < -0.39 is 0 Å². The number of halogens is 1. The summed E-state index contributed by atoms with van der Waals surface area (Å²) in [5, 5.41) is 0.493. The molecule has 2 aromatic carbocycles. The first-order valence-electron chi connectivity index (χ1n) is 8.79. The lowest BCUT2D eigenvalue weighted by atomic mass is 10.1. The topological polar surface area (TPSA) is 42.4 Å². The summed E-state index contributed by atoms with van der Waals surface area (Å²) < 4.78 is 20.5. The van der Waals surface area contributed by atoms with Crippen molar-refractivity contribution in [2.75, 3.05) is 19.3 Å². The van der Waals surface area contributed by atoms with Crippen molar-refractivity contribution in [3.8, 4) is 5.19 Å². The molecule has 1 amide bonds. The Bertz CT molecular complexity index is 968. The molecule has 27 heavy (non-hydrogen) atoms. The maximum Gasteiger partial charge on any atom is 0.274 e. The molecule has 0 bridgehead atoms. The van der Waals surface area contributed by atoms with Gasteiger partial charge in [0.15, 0.2) is 0 Å².